The molecule has 6 nitrogen and oxygen atoms in total. The largest absolute Gasteiger partial charge is 0.493 e. The summed E-state index contributed by atoms with van der Waals surface area (Å²) in [5, 5.41) is 5.46. The average Bonchev–Trinajstić information content (AvgIpc) is 3.23. The van der Waals surface area contributed by atoms with E-state index in [1.165, 1.54) is 28.5 Å². The summed E-state index contributed by atoms with van der Waals surface area (Å²) in [6.07, 6.45) is 4.27. The van der Waals surface area contributed by atoms with Gasteiger partial charge in [0.2, 0.25) is 5.91 Å². The van der Waals surface area contributed by atoms with E-state index in [-0.39, 0.29) is 5.91 Å². The Bertz CT molecular complexity index is 1080. The summed E-state index contributed by atoms with van der Waals surface area (Å²) in [4.78, 5) is 19.1. The van der Waals surface area contributed by atoms with E-state index in [9.17, 15) is 4.79 Å². The van der Waals surface area contributed by atoms with Crippen molar-refractivity contribution in [2.45, 2.75) is 19.5 Å². The fourth-order valence-corrected chi connectivity index (χ4v) is 4.33. The van der Waals surface area contributed by atoms with Crippen molar-refractivity contribution in [1.29, 1.82) is 0 Å². The van der Waals surface area contributed by atoms with Crippen molar-refractivity contribution in [2.75, 3.05) is 26.1 Å². The second-order valence-electron chi connectivity index (χ2n) is 7.31. The van der Waals surface area contributed by atoms with Crippen molar-refractivity contribution >= 4 is 28.5 Å². The van der Waals surface area contributed by atoms with Gasteiger partial charge in [0.15, 0.2) is 16.6 Å². The van der Waals surface area contributed by atoms with Crippen molar-refractivity contribution in [1.82, 2.24) is 9.88 Å². The Labute approximate surface area is 186 Å². The van der Waals surface area contributed by atoms with E-state index in [0.717, 1.165) is 48.8 Å². The Morgan fingerprint density at radius 3 is 2.65 bits per heavy atom. The molecule has 0 unspecified atom stereocenters. The lowest BCUT2D eigenvalue weighted by Crippen LogP contribution is -2.30. The summed E-state index contributed by atoms with van der Waals surface area (Å²) in [7, 11) is 3.32. The van der Waals surface area contributed by atoms with Gasteiger partial charge >= 0.3 is 0 Å². The zero-order chi connectivity index (χ0) is 21.6. The minimum Gasteiger partial charge on any atom is -0.493 e. The molecule has 4 rings (SSSR count). The van der Waals surface area contributed by atoms with Gasteiger partial charge in [0.25, 0.3) is 0 Å². The van der Waals surface area contributed by atoms with Gasteiger partial charge in [0.05, 0.1) is 19.9 Å². The number of carbonyl (C=O) groups excluding carboxylic acids is 1. The zero-order valence-electron chi connectivity index (χ0n) is 17.6. The van der Waals surface area contributed by atoms with Crippen LogP contribution in [0.2, 0.25) is 0 Å². The number of fused-ring (bicyclic) bond motifs is 1. The molecule has 2 aromatic carbocycles. The molecule has 1 N–H and O–H groups in total. The van der Waals surface area contributed by atoms with Crippen LogP contribution >= 0.6 is 11.3 Å². The maximum atomic E-state index is 12.2. The standard InChI is InChI=1S/C24H25N3O3S/c1-29-21-12-18-10-11-27(14-19(18)13-22(21)30-2)15-20-16-31-24(25-20)26-23(28)9-8-17-6-4-3-5-7-17/h3-9,12-13,16H,10-11,14-15H2,1-2H3,(H,25,26,28)/b9-8+. The number of hydrogen-bond donors (Lipinski definition) is 1. The predicted octanol–water partition coefficient (Wildman–Crippen LogP) is 4.37. The molecule has 0 saturated heterocycles. The predicted molar refractivity (Wildman–Crippen MR) is 124 cm³/mol. The smallest absolute Gasteiger partial charge is 0.250 e. The van der Waals surface area contributed by atoms with Crippen LogP contribution in [0.4, 0.5) is 5.13 Å². The Morgan fingerprint density at radius 2 is 1.90 bits per heavy atom. The van der Waals surface area contributed by atoms with E-state index in [0.29, 0.717) is 5.13 Å². The van der Waals surface area contributed by atoms with E-state index in [2.05, 4.69) is 27.3 Å². The monoisotopic (exact) mass is 435 g/mol. The van der Waals surface area contributed by atoms with Gasteiger partial charge in [0, 0.05) is 31.1 Å². The number of carbonyl (C=O) groups is 1. The number of aromatic nitrogens is 1. The topological polar surface area (TPSA) is 63.7 Å². The van der Waals surface area contributed by atoms with Crippen molar-refractivity contribution in [3.63, 3.8) is 0 Å². The Hall–Kier alpha value is -3.16. The molecular formula is C24H25N3O3S. The molecule has 160 valence electrons. The highest BCUT2D eigenvalue weighted by Crippen LogP contribution is 2.33. The van der Waals surface area contributed by atoms with Crippen LogP contribution in [-0.2, 0) is 24.3 Å². The van der Waals surface area contributed by atoms with E-state index < -0.39 is 0 Å². The van der Waals surface area contributed by atoms with Gasteiger partial charge < -0.3 is 9.47 Å². The number of anilines is 1. The van der Waals surface area contributed by atoms with Gasteiger partial charge in [-0.2, -0.15) is 0 Å². The fraction of sp³-hybridized carbons (Fsp3) is 0.250. The summed E-state index contributed by atoms with van der Waals surface area (Å²) < 4.78 is 10.9. The minimum atomic E-state index is -0.183. The van der Waals surface area contributed by atoms with Crippen molar-refractivity contribution in [3.05, 3.63) is 76.3 Å². The molecular weight excluding hydrogens is 410 g/mol. The highest BCUT2D eigenvalue weighted by atomic mass is 32.1. The van der Waals surface area contributed by atoms with Crippen LogP contribution in [0.1, 0.15) is 22.4 Å². The molecule has 1 aliphatic heterocycles. The van der Waals surface area contributed by atoms with Crippen LogP contribution in [0.15, 0.2) is 53.9 Å². The van der Waals surface area contributed by atoms with Crippen LogP contribution < -0.4 is 14.8 Å². The van der Waals surface area contributed by atoms with Crippen LogP contribution in [0.5, 0.6) is 11.5 Å². The number of benzene rings is 2. The first-order valence-corrected chi connectivity index (χ1v) is 11.0. The summed E-state index contributed by atoms with van der Waals surface area (Å²) in [5.74, 6) is 1.35. The van der Waals surface area contributed by atoms with E-state index in [4.69, 9.17) is 9.47 Å². The van der Waals surface area contributed by atoms with Gasteiger partial charge in [-0.3, -0.25) is 15.0 Å². The first-order valence-electron chi connectivity index (χ1n) is 10.1. The molecule has 1 amide bonds. The molecule has 3 aromatic rings. The SMILES string of the molecule is COc1cc2c(cc1OC)CN(Cc1csc(NC(=O)/C=C/c3ccccc3)n1)CC2. The third-order valence-electron chi connectivity index (χ3n) is 5.19. The quantitative estimate of drug-likeness (QED) is 0.559. The van der Waals surface area contributed by atoms with Crippen LogP contribution in [0, 0.1) is 0 Å². The first-order chi connectivity index (χ1) is 15.1. The highest BCUT2D eigenvalue weighted by molar-refractivity contribution is 7.13. The number of methoxy groups -OCH3 is 2. The lowest BCUT2D eigenvalue weighted by molar-refractivity contribution is -0.111. The fourth-order valence-electron chi connectivity index (χ4n) is 3.63. The van der Waals surface area contributed by atoms with Crippen molar-refractivity contribution in [2.24, 2.45) is 0 Å². The summed E-state index contributed by atoms with van der Waals surface area (Å²) in [6, 6.07) is 13.9. The molecule has 0 fully saturated rings. The molecule has 0 radical (unpaired) electrons. The molecule has 1 aliphatic rings. The second kappa shape index (κ2) is 9.76. The maximum Gasteiger partial charge on any atom is 0.250 e. The minimum absolute atomic E-state index is 0.183. The molecule has 31 heavy (non-hydrogen) atoms. The van der Waals surface area contributed by atoms with Crippen LogP contribution in [0.25, 0.3) is 6.08 Å². The van der Waals surface area contributed by atoms with Gasteiger partial charge in [-0.15, -0.1) is 11.3 Å². The Kier molecular flexibility index (Phi) is 6.64. The number of nitrogens with one attached hydrogen (secondary N) is 1. The van der Waals surface area contributed by atoms with Crippen LogP contribution in [-0.4, -0.2) is 36.6 Å². The molecule has 0 aliphatic carbocycles. The number of nitrogens with zero attached hydrogens (tertiary/aromatic N) is 2. The lowest BCUT2D eigenvalue weighted by atomic mass is 9.98. The van der Waals surface area contributed by atoms with Crippen molar-refractivity contribution < 1.29 is 14.3 Å². The summed E-state index contributed by atoms with van der Waals surface area (Å²) in [6.45, 7) is 2.51. The third kappa shape index (κ3) is 5.31. The molecule has 2 heterocycles. The van der Waals surface area contributed by atoms with E-state index in [1.54, 1.807) is 20.3 Å². The zero-order valence-corrected chi connectivity index (χ0v) is 18.4. The normalized spacial score (nSPS) is 13.7. The molecule has 0 spiro atoms. The number of hydrogen-bond acceptors (Lipinski definition) is 6. The lowest BCUT2D eigenvalue weighted by Gasteiger charge is -2.29. The molecule has 0 bridgehead atoms. The van der Waals surface area contributed by atoms with Crippen LogP contribution in [0.3, 0.4) is 0 Å². The second-order valence-corrected chi connectivity index (χ2v) is 8.17. The van der Waals surface area contributed by atoms with E-state index >= 15 is 0 Å². The molecule has 0 atom stereocenters. The van der Waals surface area contributed by atoms with E-state index in [1.807, 2.05) is 35.7 Å². The van der Waals surface area contributed by atoms with Gasteiger partial charge in [-0.25, -0.2) is 4.98 Å². The first kappa shape index (κ1) is 21.1. The molecule has 7 heteroatoms. The van der Waals surface area contributed by atoms with Gasteiger partial charge in [0.1, 0.15) is 0 Å². The number of ether oxygens (including phenoxy) is 2. The number of rotatable bonds is 7. The third-order valence-corrected chi connectivity index (χ3v) is 6.00. The number of amides is 1. The van der Waals surface area contributed by atoms with Gasteiger partial charge in [-0.05, 0) is 41.3 Å². The summed E-state index contributed by atoms with van der Waals surface area (Å²) >= 11 is 1.44. The Morgan fingerprint density at radius 1 is 1.16 bits per heavy atom. The maximum absolute atomic E-state index is 12.2. The Balaban J connectivity index is 1.35. The number of thiazole rings is 1. The van der Waals surface area contributed by atoms with Crippen molar-refractivity contribution in [3.8, 4) is 11.5 Å². The highest BCUT2D eigenvalue weighted by Gasteiger charge is 2.20. The molecule has 1 aromatic heterocycles. The molecule has 0 saturated carbocycles. The van der Waals surface area contributed by atoms with Gasteiger partial charge in [-0.1, -0.05) is 30.3 Å². The summed E-state index contributed by atoms with van der Waals surface area (Å²) in [5.41, 5.74) is 4.48. The average molecular weight is 436 g/mol.